The third kappa shape index (κ3) is 3.14. The van der Waals surface area contributed by atoms with E-state index >= 15 is 0 Å². The molecular formula is C19H23FN2O3S. The normalized spacial score (nSPS) is 19.4. The van der Waals surface area contributed by atoms with Crippen LogP contribution >= 0.6 is 11.8 Å². The minimum absolute atomic E-state index is 0.0269. The lowest BCUT2D eigenvalue weighted by atomic mass is 9.91. The molecule has 0 fully saturated rings. The van der Waals surface area contributed by atoms with Gasteiger partial charge in [-0.15, -0.1) is 11.8 Å². The van der Waals surface area contributed by atoms with E-state index in [1.807, 2.05) is 13.8 Å². The average molecular weight is 378 g/mol. The highest BCUT2D eigenvalue weighted by Crippen LogP contribution is 2.46. The van der Waals surface area contributed by atoms with Crippen molar-refractivity contribution < 1.29 is 13.9 Å². The van der Waals surface area contributed by atoms with Gasteiger partial charge in [-0.25, -0.2) is 4.39 Å². The van der Waals surface area contributed by atoms with Gasteiger partial charge in [0.15, 0.2) is 0 Å². The van der Waals surface area contributed by atoms with Crippen molar-refractivity contribution in [3.8, 4) is 0 Å². The molecule has 0 radical (unpaired) electrons. The van der Waals surface area contributed by atoms with Crippen LogP contribution in [0.5, 0.6) is 0 Å². The molecule has 26 heavy (non-hydrogen) atoms. The predicted octanol–water partition coefficient (Wildman–Crippen LogP) is 3.84. The first kappa shape index (κ1) is 18.9. The Labute approximate surface area is 155 Å². The number of nitrogens with zero attached hydrogens (tertiary/aromatic N) is 1. The Hall–Kier alpha value is -1.86. The van der Waals surface area contributed by atoms with Gasteiger partial charge >= 0.3 is 0 Å². The number of hydrogen-bond donors (Lipinski definition) is 1. The van der Waals surface area contributed by atoms with Crippen LogP contribution in [0.4, 0.5) is 4.39 Å². The minimum Gasteiger partial charge on any atom is -0.374 e. The predicted molar refractivity (Wildman–Crippen MR) is 99.6 cm³/mol. The van der Waals surface area contributed by atoms with Gasteiger partial charge < -0.3 is 9.84 Å². The van der Waals surface area contributed by atoms with E-state index in [9.17, 15) is 14.0 Å². The average Bonchev–Trinajstić information content (AvgIpc) is 2.98. The van der Waals surface area contributed by atoms with E-state index in [2.05, 4.69) is 5.10 Å². The number of rotatable bonds is 5. The summed E-state index contributed by atoms with van der Waals surface area (Å²) >= 11 is 1.47. The number of carbonyl (C=O) groups is 1. The number of ketones is 1. The maximum atomic E-state index is 14.8. The number of aromatic amines is 1. The van der Waals surface area contributed by atoms with Crippen LogP contribution in [0.1, 0.15) is 60.3 Å². The topological polar surface area (TPSA) is 64.1 Å². The zero-order chi connectivity index (χ0) is 19.0. The molecule has 140 valence electrons. The number of fused-ring (bicyclic) bond motifs is 1. The van der Waals surface area contributed by atoms with E-state index in [0.717, 1.165) is 12.0 Å². The highest BCUT2D eigenvalue weighted by molar-refractivity contribution is 8.00. The van der Waals surface area contributed by atoms with E-state index in [0.29, 0.717) is 23.6 Å². The van der Waals surface area contributed by atoms with Crippen LogP contribution in [-0.4, -0.2) is 27.4 Å². The number of hydrogen-bond acceptors (Lipinski definition) is 4. The summed E-state index contributed by atoms with van der Waals surface area (Å²) in [6.07, 6.45) is 1.91. The van der Waals surface area contributed by atoms with Crippen LogP contribution in [0, 0.1) is 12.7 Å². The summed E-state index contributed by atoms with van der Waals surface area (Å²) in [4.78, 5) is 25.8. The molecule has 2 atom stereocenters. The molecule has 1 aliphatic heterocycles. The molecule has 1 aliphatic rings. The van der Waals surface area contributed by atoms with E-state index < -0.39 is 11.6 Å². The third-order valence-corrected chi connectivity index (χ3v) is 5.99. The van der Waals surface area contributed by atoms with E-state index in [4.69, 9.17) is 4.74 Å². The molecule has 1 aromatic carbocycles. The molecule has 5 nitrogen and oxygen atoms in total. The quantitative estimate of drug-likeness (QED) is 0.803. The van der Waals surface area contributed by atoms with Gasteiger partial charge in [0.2, 0.25) is 5.78 Å². The van der Waals surface area contributed by atoms with Crippen molar-refractivity contribution in [2.75, 3.05) is 6.61 Å². The molecule has 1 aromatic heterocycles. The number of aryl methyl sites for hydroxylation is 1. The Balaban J connectivity index is 2.14. The lowest BCUT2D eigenvalue weighted by molar-refractivity contribution is 0.0523. The van der Waals surface area contributed by atoms with Gasteiger partial charge in [-0.2, -0.15) is 0 Å². The van der Waals surface area contributed by atoms with Gasteiger partial charge in [-0.05, 0) is 38.8 Å². The monoisotopic (exact) mass is 378 g/mol. The molecule has 0 spiro atoms. The largest absolute Gasteiger partial charge is 0.374 e. The summed E-state index contributed by atoms with van der Waals surface area (Å²) < 4.78 is 22.0. The Kier molecular flexibility index (Phi) is 5.39. The molecule has 2 aromatic rings. The van der Waals surface area contributed by atoms with Crippen molar-refractivity contribution in [3.05, 3.63) is 50.7 Å². The van der Waals surface area contributed by atoms with Crippen molar-refractivity contribution in [2.45, 2.75) is 56.9 Å². The molecular weight excluding hydrogens is 355 g/mol. The van der Waals surface area contributed by atoms with Crippen molar-refractivity contribution >= 4 is 17.5 Å². The molecule has 0 aliphatic carbocycles. The standard InChI is InChI=1S/C19H23FN2O3S/c1-5-22-19(24)13(9-21-22)17(23)12-8-14(20)18-16(11(12)4)15(25-6-2)7-10(3)26-18/h8-10,15,21H,5-7H2,1-4H3. The number of halogens is 1. The van der Waals surface area contributed by atoms with Gasteiger partial charge in [0.1, 0.15) is 11.4 Å². The van der Waals surface area contributed by atoms with Crippen LogP contribution in [-0.2, 0) is 11.3 Å². The minimum atomic E-state index is -0.462. The van der Waals surface area contributed by atoms with Crippen LogP contribution in [0.15, 0.2) is 22.0 Å². The maximum Gasteiger partial charge on any atom is 0.277 e. The number of carbonyl (C=O) groups excluding carboxylic acids is 1. The molecule has 1 N–H and O–H groups in total. The lowest BCUT2D eigenvalue weighted by Crippen LogP contribution is -2.23. The van der Waals surface area contributed by atoms with Crippen LogP contribution in [0.2, 0.25) is 0 Å². The summed E-state index contributed by atoms with van der Waals surface area (Å²) in [5.74, 6) is -0.891. The molecule has 3 rings (SSSR count). The van der Waals surface area contributed by atoms with Crippen LogP contribution in [0.25, 0.3) is 0 Å². The zero-order valence-electron chi connectivity index (χ0n) is 15.4. The summed E-state index contributed by atoms with van der Waals surface area (Å²) in [6.45, 7) is 8.50. The first-order chi connectivity index (χ1) is 12.4. The Morgan fingerprint density at radius 1 is 1.42 bits per heavy atom. The van der Waals surface area contributed by atoms with Gasteiger partial charge in [-0.1, -0.05) is 6.92 Å². The number of H-pyrrole nitrogens is 1. The van der Waals surface area contributed by atoms with Crippen molar-refractivity contribution in [3.63, 3.8) is 0 Å². The number of nitrogens with one attached hydrogen (secondary N) is 1. The van der Waals surface area contributed by atoms with Crippen molar-refractivity contribution in [1.29, 1.82) is 0 Å². The lowest BCUT2D eigenvalue weighted by Gasteiger charge is -2.31. The van der Waals surface area contributed by atoms with Crippen LogP contribution in [0.3, 0.4) is 0 Å². The van der Waals surface area contributed by atoms with E-state index in [-0.39, 0.29) is 28.0 Å². The van der Waals surface area contributed by atoms with E-state index in [1.54, 1.807) is 13.8 Å². The molecule has 2 unspecified atom stereocenters. The molecule has 0 bridgehead atoms. The number of thioether (sulfide) groups is 1. The summed E-state index contributed by atoms with van der Waals surface area (Å²) in [5.41, 5.74) is 1.29. The van der Waals surface area contributed by atoms with Crippen LogP contribution < -0.4 is 5.56 Å². The smallest absolute Gasteiger partial charge is 0.277 e. The summed E-state index contributed by atoms with van der Waals surface area (Å²) in [5, 5.41) is 3.00. The fourth-order valence-electron chi connectivity index (χ4n) is 3.46. The highest BCUT2D eigenvalue weighted by atomic mass is 32.2. The SMILES string of the molecule is CCOC1CC(C)Sc2c(F)cc(C(=O)c3c[nH]n(CC)c3=O)c(C)c21. The van der Waals surface area contributed by atoms with Gasteiger partial charge in [-0.3, -0.25) is 14.3 Å². The van der Waals surface area contributed by atoms with E-state index in [1.165, 1.54) is 28.7 Å². The summed E-state index contributed by atoms with van der Waals surface area (Å²) in [7, 11) is 0. The first-order valence-electron chi connectivity index (χ1n) is 8.83. The third-order valence-electron chi connectivity index (χ3n) is 4.74. The van der Waals surface area contributed by atoms with Gasteiger partial charge in [0.05, 0.1) is 6.10 Å². The van der Waals surface area contributed by atoms with Crippen molar-refractivity contribution in [2.24, 2.45) is 0 Å². The zero-order valence-corrected chi connectivity index (χ0v) is 16.2. The fraction of sp³-hybridized carbons (Fsp3) is 0.474. The second-order valence-electron chi connectivity index (χ2n) is 6.45. The molecule has 2 heterocycles. The Morgan fingerprint density at radius 2 is 2.15 bits per heavy atom. The number of ether oxygens (including phenoxy) is 1. The number of benzene rings is 1. The summed E-state index contributed by atoms with van der Waals surface area (Å²) in [6, 6.07) is 1.26. The highest BCUT2D eigenvalue weighted by Gasteiger charge is 2.32. The second kappa shape index (κ2) is 7.40. The molecule has 0 saturated heterocycles. The Morgan fingerprint density at radius 3 is 2.77 bits per heavy atom. The Bertz CT molecular complexity index is 903. The first-order valence-corrected chi connectivity index (χ1v) is 9.71. The van der Waals surface area contributed by atoms with Gasteiger partial charge in [0.25, 0.3) is 5.56 Å². The molecule has 0 amide bonds. The molecule has 0 saturated carbocycles. The van der Waals surface area contributed by atoms with Gasteiger partial charge in [0, 0.05) is 40.6 Å². The molecule has 7 heteroatoms. The maximum absolute atomic E-state index is 14.8. The second-order valence-corrected chi connectivity index (χ2v) is 7.90. The van der Waals surface area contributed by atoms with Crippen molar-refractivity contribution in [1.82, 2.24) is 9.78 Å². The fourth-order valence-corrected chi connectivity index (χ4v) is 4.72. The number of aromatic nitrogens is 2.